The maximum absolute atomic E-state index is 6.66. The van der Waals surface area contributed by atoms with Crippen molar-refractivity contribution in [1.82, 2.24) is 15.0 Å². The minimum Gasteiger partial charge on any atom is -0.456 e. The van der Waals surface area contributed by atoms with E-state index >= 15 is 0 Å². The highest BCUT2D eigenvalue weighted by molar-refractivity contribution is 6.31. The molecule has 4 nitrogen and oxygen atoms in total. The van der Waals surface area contributed by atoms with Crippen molar-refractivity contribution < 1.29 is 4.42 Å². The summed E-state index contributed by atoms with van der Waals surface area (Å²) in [6.45, 7) is 0. The van der Waals surface area contributed by atoms with Crippen LogP contribution in [0.15, 0.2) is 174 Å². The minimum atomic E-state index is 0.563. The van der Waals surface area contributed by atoms with E-state index in [1.165, 1.54) is 0 Å². The molecule has 0 atom stereocenters. The Kier molecular flexibility index (Phi) is 7.49. The zero-order valence-corrected chi connectivity index (χ0v) is 27.5. The Hall–Kier alpha value is -6.36. The molecule has 0 unspecified atom stereocenters. The van der Waals surface area contributed by atoms with E-state index in [2.05, 4.69) is 91.0 Å². The lowest BCUT2D eigenvalue weighted by Crippen LogP contribution is -2.01. The van der Waals surface area contributed by atoms with Crippen LogP contribution in [0.25, 0.3) is 89.5 Å². The topological polar surface area (TPSA) is 51.8 Å². The fourth-order valence-electron chi connectivity index (χ4n) is 6.48. The number of nitrogens with zero attached hydrogens (tertiary/aromatic N) is 3. The van der Waals surface area contributed by atoms with E-state index < -0.39 is 0 Å². The zero-order chi connectivity index (χ0) is 33.4. The van der Waals surface area contributed by atoms with Crippen molar-refractivity contribution in [2.75, 3.05) is 0 Å². The molecule has 0 saturated heterocycles. The van der Waals surface area contributed by atoms with Gasteiger partial charge in [-0.15, -0.1) is 0 Å². The first kappa shape index (κ1) is 29.8. The molecule has 7 aromatic carbocycles. The zero-order valence-electron chi connectivity index (χ0n) is 26.8. The van der Waals surface area contributed by atoms with Crippen molar-refractivity contribution in [3.05, 3.63) is 175 Å². The van der Waals surface area contributed by atoms with Crippen LogP contribution in [0.2, 0.25) is 5.02 Å². The number of fused-ring (bicyclic) bond motifs is 3. The van der Waals surface area contributed by atoms with Crippen molar-refractivity contribution in [3.8, 4) is 67.5 Å². The van der Waals surface area contributed by atoms with Gasteiger partial charge >= 0.3 is 0 Å². The normalized spacial score (nSPS) is 11.3. The van der Waals surface area contributed by atoms with Crippen LogP contribution in [0.5, 0.6) is 0 Å². The van der Waals surface area contributed by atoms with Gasteiger partial charge in [-0.1, -0.05) is 145 Å². The van der Waals surface area contributed by atoms with E-state index in [4.69, 9.17) is 31.0 Å². The molecule has 0 spiro atoms. The van der Waals surface area contributed by atoms with E-state index in [-0.39, 0.29) is 0 Å². The molecule has 9 rings (SSSR count). The maximum atomic E-state index is 6.66. The average molecular weight is 662 g/mol. The van der Waals surface area contributed by atoms with Gasteiger partial charge in [-0.05, 0) is 69.8 Å². The predicted octanol–water partition coefficient (Wildman–Crippen LogP) is 12.4. The van der Waals surface area contributed by atoms with Gasteiger partial charge in [-0.25, -0.2) is 15.0 Å². The quantitative estimate of drug-likeness (QED) is 0.178. The highest BCUT2D eigenvalue weighted by Crippen LogP contribution is 2.38. The molecule has 0 bridgehead atoms. The van der Waals surface area contributed by atoms with Crippen LogP contribution >= 0.6 is 11.6 Å². The summed E-state index contributed by atoms with van der Waals surface area (Å²) in [7, 11) is 0. The lowest BCUT2D eigenvalue weighted by Gasteiger charge is -2.13. The average Bonchev–Trinajstić information content (AvgIpc) is 3.56. The molecule has 50 heavy (non-hydrogen) atoms. The molecule has 0 N–H and O–H groups in total. The van der Waals surface area contributed by atoms with Crippen LogP contribution in [0.4, 0.5) is 0 Å². The van der Waals surface area contributed by atoms with Crippen molar-refractivity contribution in [2.45, 2.75) is 0 Å². The molecule has 2 heterocycles. The van der Waals surface area contributed by atoms with Gasteiger partial charge in [-0.2, -0.15) is 0 Å². The van der Waals surface area contributed by atoms with Crippen LogP contribution in [0.3, 0.4) is 0 Å². The van der Waals surface area contributed by atoms with E-state index in [0.29, 0.717) is 22.5 Å². The molecule has 0 aliphatic carbocycles. The maximum Gasteiger partial charge on any atom is 0.164 e. The van der Waals surface area contributed by atoms with Crippen LogP contribution in [0, 0.1) is 0 Å². The van der Waals surface area contributed by atoms with Crippen LogP contribution in [0.1, 0.15) is 0 Å². The van der Waals surface area contributed by atoms with Gasteiger partial charge in [0, 0.05) is 32.5 Å². The van der Waals surface area contributed by atoms with Gasteiger partial charge in [-0.3, -0.25) is 0 Å². The summed E-state index contributed by atoms with van der Waals surface area (Å²) < 4.78 is 6.13. The van der Waals surface area contributed by atoms with Gasteiger partial charge < -0.3 is 4.42 Å². The molecule has 0 aliphatic rings. The SMILES string of the molecule is Clc1ccc(-c2nc(-c3ccc(-c4ccccc4)cc3)nc(-c3ccc(-c4ccccc4)cc3)n2)c(-c2ccc3oc4ccccc4c3c2)c1. The number of halogens is 1. The molecule has 5 heteroatoms. The fraction of sp³-hybridized carbons (Fsp3) is 0. The summed E-state index contributed by atoms with van der Waals surface area (Å²) >= 11 is 6.66. The van der Waals surface area contributed by atoms with Crippen LogP contribution < -0.4 is 0 Å². The summed E-state index contributed by atoms with van der Waals surface area (Å²) in [5.41, 5.74) is 10.8. The predicted molar refractivity (Wildman–Crippen MR) is 205 cm³/mol. The molecule has 0 saturated carbocycles. The first-order valence-corrected chi connectivity index (χ1v) is 16.8. The monoisotopic (exact) mass is 661 g/mol. The number of para-hydroxylation sites is 1. The highest BCUT2D eigenvalue weighted by atomic mass is 35.5. The fourth-order valence-corrected chi connectivity index (χ4v) is 6.66. The van der Waals surface area contributed by atoms with Crippen LogP contribution in [-0.4, -0.2) is 15.0 Å². The van der Waals surface area contributed by atoms with E-state index in [1.54, 1.807) is 0 Å². The number of benzene rings is 7. The Morgan fingerprint density at radius 3 is 1.44 bits per heavy atom. The minimum absolute atomic E-state index is 0.563. The number of rotatable bonds is 6. The molecule has 0 aliphatic heterocycles. The third kappa shape index (κ3) is 5.62. The summed E-state index contributed by atoms with van der Waals surface area (Å²) in [4.78, 5) is 15.2. The van der Waals surface area contributed by atoms with E-state index in [1.807, 2.05) is 78.9 Å². The number of hydrogen-bond donors (Lipinski definition) is 0. The van der Waals surface area contributed by atoms with Gasteiger partial charge in [0.1, 0.15) is 11.2 Å². The number of hydrogen-bond acceptors (Lipinski definition) is 4. The standard InChI is InChI=1S/C45H28ClN3O/c46-36-24-25-38(39(28-36)35-23-26-42-40(27-35)37-13-7-8-14-41(37)50-42)45-48-43(33-19-15-31(16-20-33)29-9-3-1-4-10-29)47-44(49-45)34-21-17-32(18-22-34)30-11-5-2-6-12-30/h1-28H. The number of furan rings is 1. The summed E-state index contributed by atoms with van der Waals surface area (Å²) in [6, 6.07) is 57.6. The Balaban J connectivity index is 1.20. The second kappa shape index (κ2) is 12.6. The van der Waals surface area contributed by atoms with E-state index in [9.17, 15) is 0 Å². The Bertz CT molecular complexity index is 2530. The molecular weight excluding hydrogens is 634 g/mol. The first-order valence-electron chi connectivity index (χ1n) is 16.5. The van der Waals surface area contributed by atoms with Gasteiger partial charge in [0.15, 0.2) is 17.5 Å². The molecule has 0 fully saturated rings. The molecule has 2 aromatic heterocycles. The third-order valence-electron chi connectivity index (χ3n) is 9.05. The van der Waals surface area contributed by atoms with Crippen LogP contribution in [-0.2, 0) is 0 Å². The molecular formula is C45H28ClN3O. The highest BCUT2D eigenvalue weighted by Gasteiger charge is 2.18. The van der Waals surface area contributed by atoms with Crippen molar-refractivity contribution in [1.29, 1.82) is 0 Å². The summed E-state index contributed by atoms with van der Waals surface area (Å²) in [5, 5.41) is 2.73. The molecule has 9 aromatic rings. The van der Waals surface area contributed by atoms with Crippen molar-refractivity contribution >= 4 is 33.5 Å². The molecule has 0 radical (unpaired) electrons. The van der Waals surface area contributed by atoms with Crippen molar-refractivity contribution in [2.24, 2.45) is 0 Å². The van der Waals surface area contributed by atoms with Gasteiger partial charge in [0.2, 0.25) is 0 Å². The smallest absolute Gasteiger partial charge is 0.164 e. The van der Waals surface area contributed by atoms with E-state index in [0.717, 1.165) is 72.0 Å². The lowest BCUT2D eigenvalue weighted by molar-refractivity contribution is 0.669. The Morgan fingerprint density at radius 1 is 0.340 bits per heavy atom. The van der Waals surface area contributed by atoms with Crippen molar-refractivity contribution in [3.63, 3.8) is 0 Å². The largest absolute Gasteiger partial charge is 0.456 e. The summed E-state index contributed by atoms with van der Waals surface area (Å²) in [5.74, 6) is 1.75. The first-order chi connectivity index (χ1) is 24.7. The second-order valence-corrected chi connectivity index (χ2v) is 12.6. The van der Waals surface area contributed by atoms with Gasteiger partial charge in [0.05, 0.1) is 0 Å². The lowest BCUT2D eigenvalue weighted by atomic mass is 9.97. The Labute approximate surface area is 294 Å². The summed E-state index contributed by atoms with van der Waals surface area (Å²) in [6.07, 6.45) is 0. The number of aromatic nitrogens is 3. The molecule has 0 amide bonds. The second-order valence-electron chi connectivity index (χ2n) is 12.2. The third-order valence-corrected chi connectivity index (χ3v) is 9.28. The molecule has 236 valence electrons. The Morgan fingerprint density at radius 2 is 0.820 bits per heavy atom. The van der Waals surface area contributed by atoms with Gasteiger partial charge in [0.25, 0.3) is 0 Å².